The third kappa shape index (κ3) is 3.27. The summed E-state index contributed by atoms with van der Waals surface area (Å²) in [5.41, 5.74) is 3.88. The molecule has 26 heavy (non-hydrogen) atoms. The first kappa shape index (κ1) is 17.3. The van der Waals surface area contributed by atoms with Crippen LogP contribution in [0.25, 0.3) is 22.2 Å². The van der Waals surface area contributed by atoms with Gasteiger partial charge in [-0.15, -0.1) is 0 Å². The Hall–Kier alpha value is -2.17. The average molecular weight is 353 g/mol. The van der Waals surface area contributed by atoms with Crippen LogP contribution in [0.4, 0.5) is 0 Å². The van der Waals surface area contributed by atoms with Gasteiger partial charge in [-0.1, -0.05) is 39.0 Å². The van der Waals surface area contributed by atoms with Crippen molar-refractivity contribution in [2.45, 2.75) is 77.7 Å². The van der Waals surface area contributed by atoms with Crippen LogP contribution in [-0.2, 0) is 19.4 Å². The molecule has 3 heterocycles. The Morgan fingerprint density at radius 1 is 1.12 bits per heavy atom. The SMILES string of the molecule is CCCCCCCCn1cnc2c(oc3nc4c(cc32)CCCC4)c1=O. The molecule has 0 spiro atoms. The summed E-state index contributed by atoms with van der Waals surface area (Å²) in [6, 6.07) is 2.13. The van der Waals surface area contributed by atoms with Gasteiger partial charge in [0, 0.05) is 12.2 Å². The normalized spacial score (nSPS) is 14.2. The summed E-state index contributed by atoms with van der Waals surface area (Å²) in [7, 11) is 0. The molecule has 1 aliphatic rings. The summed E-state index contributed by atoms with van der Waals surface area (Å²) < 4.78 is 7.53. The van der Waals surface area contributed by atoms with Gasteiger partial charge < -0.3 is 4.42 Å². The van der Waals surface area contributed by atoms with Crippen molar-refractivity contribution in [1.29, 1.82) is 0 Å². The predicted molar refractivity (Wildman–Crippen MR) is 104 cm³/mol. The Kier molecular flexibility index (Phi) is 5.05. The number of furan rings is 1. The smallest absolute Gasteiger partial charge is 0.297 e. The number of pyridine rings is 1. The highest BCUT2D eigenvalue weighted by Crippen LogP contribution is 2.29. The monoisotopic (exact) mass is 353 g/mol. The number of unbranched alkanes of at least 4 members (excludes halogenated alkanes) is 5. The van der Waals surface area contributed by atoms with Crippen LogP contribution < -0.4 is 5.56 Å². The molecule has 0 bridgehead atoms. The summed E-state index contributed by atoms with van der Waals surface area (Å²) in [6.07, 6.45) is 13.3. The van der Waals surface area contributed by atoms with Crippen molar-refractivity contribution in [3.8, 4) is 0 Å². The van der Waals surface area contributed by atoms with Gasteiger partial charge in [0.05, 0.1) is 11.7 Å². The fourth-order valence-corrected chi connectivity index (χ4v) is 3.93. The number of rotatable bonds is 7. The van der Waals surface area contributed by atoms with E-state index < -0.39 is 0 Å². The Morgan fingerprint density at radius 3 is 2.81 bits per heavy atom. The van der Waals surface area contributed by atoms with E-state index in [0.29, 0.717) is 23.4 Å². The maximum Gasteiger partial charge on any atom is 0.297 e. The molecule has 138 valence electrons. The molecule has 4 rings (SSSR count). The van der Waals surface area contributed by atoms with Crippen molar-refractivity contribution in [3.05, 3.63) is 34.0 Å². The second-order valence-corrected chi connectivity index (χ2v) is 7.44. The molecule has 0 N–H and O–H groups in total. The Morgan fingerprint density at radius 2 is 1.92 bits per heavy atom. The molecule has 0 saturated heterocycles. The second kappa shape index (κ2) is 7.60. The molecule has 0 saturated carbocycles. The lowest BCUT2D eigenvalue weighted by atomic mass is 9.95. The molecule has 0 radical (unpaired) electrons. The van der Waals surface area contributed by atoms with Gasteiger partial charge in [0.25, 0.3) is 5.56 Å². The standard InChI is InChI=1S/C21H27N3O2/c1-2-3-4-5-6-9-12-24-14-22-18-16-13-15-10-7-8-11-17(15)23-20(16)26-19(18)21(24)25/h13-14H,2-12H2,1H3. The minimum Gasteiger partial charge on any atom is -0.430 e. The lowest BCUT2D eigenvalue weighted by molar-refractivity contribution is 0.541. The van der Waals surface area contributed by atoms with Crippen molar-refractivity contribution in [2.75, 3.05) is 0 Å². The van der Waals surface area contributed by atoms with E-state index in [1.807, 2.05) is 0 Å². The van der Waals surface area contributed by atoms with E-state index in [9.17, 15) is 4.79 Å². The van der Waals surface area contributed by atoms with E-state index in [1.54, 1.807) is 10.9 Å². The summed E-state index contributed by atoms with van der Waals surface area (Å²) in [5.74, 6) is 0. The fraction of sp³-hybridized carbons (Fsp3) is 0.571. The first-order chi connectivity index (χ1) is 12.8. The van der Waals surface area contributed by atoms with Crippen LogP contribution in [0.3, 0.4) is 0 Å². The molecule has 0 unspecified atom stereocenters. The van der Waals surface area contributed by atoms with Crippen molar-refractivity contribution >= 4 is 22.2 Å². The van der Waals surface area contributed by atoms with Gasteiger partial charge in [-0.05, 0) is 43.7 Å². The second-order valence-electron chi connectivity index (χ2n) is 7.44. The summed E-state index contributed by atoms with van der Waals surface area (Å²) in [5, 5.41) is 0.879. The Labute approximate surface area is 153 Å². The Balaban J connectivity index is 1.59. The zero-order valence-electron chi connectivity index (χ0n) is 15.6. The molecule has 0 aliphatic heterocycles. The van der Waals surface area contributed by atoms with Crippen LogP contribution in [0.5, 0.6) is 0 Å². The number of nitrogens with zero attached hydrogens (tertiary/aromatic N) is 3. The number of aromatic nitrogens is 3. The highest BCUT2D eigenvalue weighted by Gasteiger charge is 2.18. The maximum absolute atomic E-state index is 12.8. The average Bonchev–Trinajstić information content (AvgIpc) is 3.02. The number of hydrogen-bond acceptors (Lipinski definition) is 4. The van der Waals surface area contributed by atoms with E-state index in [0.717, 1.165) is 36.8 Å². The van der Waals surface area contributed by atoms with E-state index in [1.165, 1.54) is 44.1 Å². The van der Waals surface area contributed by atoms with Gasteiger partial charge in [0.15, 0.2) is 0 Å². The van der Waals surface area contributed by atoms with Crippen LogP contribution in [0, 0.1) is 0 Å². The summed E-state index contributed by atoms with van der Waals surface area (Å²) >= 11 is 0. The lowest BCUT2D eigenvalue weighted by Crippen LogP contribution is -2.20. The van der Waals surface area contributed by atoms with Crippen molar-refractivity contribution in [1.82, 2.24) is 14.5 Å². The molecule has 3 aromatic rings. The number of aryl methyl sites for hydroxylation is 3. The number of fused-ring (bicyclic) bond motifs is 4. The van der Waals surface area contributed by atoms with Gasteiger partial charge in [0.2, 0.25) is 11.3 Å². The van der Waals surface area contributed by atoms with Gasteiger partial charge in [0.1, 0.15) is 5.52 Å². The van der Waals surface area contributed by atoms with Crippen LogP contribution in [-0.4, -0.2) is 14.5 Å². The van der Waals surface area contributed by atoms with Crippen molar-refractivity contribution in [3.63, 3.8) is 0 Å². The third-order valence-corrected chi connectivity index (χ3v) is 5.47. The molecule has 3 aromatic heterocycles. The third-order valence-electron chi connectivity index (χ3n) is 5.47. The first-order valence-corrected chi connectivity index (χ1v) is 10.1. The van der Waals surface area contributed by atoms with Crippen molar-refractivity contribution in [2.24, 2.45) is 0 Å². The largest absolute Gasteiger partial charge is 0.430 e. The van der Waals surface area contributed by atoms with E-state index >= 15 is 0 Å². The minimum absolute atomic E-state index is 0.0838. The molecule has 5 nitrogen and oxygen atoms in total. The van der Waals surface area contributed by atoms with Crippen LogP contribution >= 0.6 is 0 Å². The summed E-state index contributed by atoms with van der Waals surface area (Å²) in [4.78, 5) is 22.0. The van der Waals surface area contributed by atoms with E-state index in [4.69, 9.17) is 4.42 Å². The highest BCUT2D eigenvalue weighted by molar-refractivity contribution is 6.00. The highest BCUT2D eigenvalue weighted by atomic mass is 16.3. The molecule has 0 fully saturated rings. The minimum atomic E-state index is -0.0838. The van der Waals surface area contributed by atoms with Gasteiger partial charge in [-0.2, -0.15) is 0 Å². The van der Waals surface area contributed by atoms with Crippen LogP contribution in [0.2, 0.25) is 0 Å². The topological polar surface area (TPSA) is 60.9 Å². The van der Waals surface area contributed by atoms with Gasteiger partial charge in [-0.25, -0.2) is 9.97 Å². The van der Waals surface area contributed by atoms with Crippen LogP contribution in [0.1, 0.15) is 69.5 Å². The van der Waals surface area contributed by atoms with Gasteiger partial charge >= 0.3 is 0 Å². The molecule has 1 aliphatic carbocycles. The quantitative estimate of drug-likeness (QED) is 0.574. The molecular weight excluding hydrogens is 326 g/mol. The zero-order chi connectivity index (χ0) is 17.9. The number of hydrogen-bond donors (Lipinski definition) is 0. The van der Waals surface area contributed by atoms with Gasteiger partial charge in [-0.3, -0.25) is 9.36 Å². The molecule has 0 aromatic carbocycles. The first-order valence-electron chi connectivity index (χ1n) is 10.1. The maximum atomic E-state index is 12.8. The lowest BCUT2D eigenvalue weighted by Gasteiger charge is -2.13. The molecular formula is C21H27N3O2. The van der Waals surface area contributed by atoms with E-state index in [2.05, 4.69) is 23.0 Å². The zero-order valence-corrected chi connectivity index (χ0v) is 15.6. The molecule has 5 heteroatoms. The summed E-state index contributed by atoms with van der Waals surface area (Å²) in [6.45, 7) is 2.92. The van der Waals surface area contributed by atoms with Crippen LogP contribution in [0.15, 0.2) is 21.6 Å². The molecule has 0 amide bonds. The molecule has 0 atom stereocenters. The fourth-order valence-electron chi connectivity index (χ4n) is 3.93. The van der Waals surface area contributed by atoms with Crippen molar-refractivity contribution < 1.29 is 4.42 Å². The van der Waals surface area contributed by atoms with E-state index in [-0.39, 0.29) is 5.56 Å². The predicted octanol–water partition coefficient (Wildman–Crippen LogP) is 4.78. The Bertz CT molecular complexity index is 971.